The summed E-state index contributed by atoms with van der Waals surface area (Å²) in [5.74, 6) is -1.27. The minimum absolute atomic E-state index is 0.0193. The van der Waals surface area contributed by atoms with Gasteiger partial charge in [0.2, 0.25) is 5.60 Å². The van der Waals surface area contributed by atoms with Crippen LogP contribution in [-0.4, -0.2) is 62.1 Å². The van der Waals surface area contributed by atoms with Crippen molar-refractivity contribution in [3.05, 3.63) is 48.3 Å². The lowest BCUT2D eigenvalue weighted by molar-refractivity contribution is -0.242. The fourth-order valence-electron chi connectivity index (χ4n) is 3.61. The maximum absolute atomic E-state index is 13.5. The molecule has 4 rings (SSSR count). The molecule has 2 amide bonds. The Balaban J connectivity index is 1.61. The van der Waals surface area contributed by atoms with Crippen LogP contribution in [0, 0.1) is 5.82 Å². The summed E-state index contributed by atoms with van der Waals surface area (Å²) in [5, 5.41) is 14.6. The Morgan fingerprint density at radius 2 is 1.79 bits per heavy atom. The average Bonchev–Trinajstić information content (AvgIpc) is 3.59. The molecule has 1 aliphatic heterocycles. The fourth-order valence-corrected chi connectivity index (χ4v) is 5.11. The first-order valence-corrected chi connectivity index (χ1v) is 13.1. The maximum Gasteiger partial charge on any atom is 0.427 e. The summed E-state index contributed by atoms with van der Waals surface area (Å²) in [7, 11) is -4.34. The monoisotopic (exact) mass is 575 g/mol. The first-order chi connectivity index (χ1) is 18.0. The predicted octanol–water partition coefficient (Wildman–Crippen LogP) is 3.31. The van der Waals surface area contributed by atoms with Crippen LogP contribution in [-0.2, 0) is 19.6 Å². The van der Waals surface area contributed by atoms with Crippen LogP contribution in [0.15, 0.2) is 47.4 Å². The van der Waals surface area contributed by atoms with Crippen LogP contribution in [0.4, 0.5) is 33.7 Å². The molecule has 2 aliphatic rings. The summed E-state index contributed by atoms with van der Waals surface area (Å²) in [6.07, 6.45) is -6.57. The van der Waals surface area contributed by atoms with Crippen molar-refractivity contribution in [1.29, 1.82) is 0 Å². The van der Waals surface area contributed by atoms with Crippen molar-refractivity contribution in [3.63, 3.8) is 0 Å². The van der Waals surface area contributed by atoms with Gasteiger partial charge in [-0.3, -0.25) is 14.4 Å². The number of benzene rings is 2. The molecule has 3 N–H and O–H groups in total. The van der Waals surface area contributed by atoms with E-state index in [9.17, 15) is 40.7 Å². The highest BCUT2D eigenvalue weighted by molar-refractivity contribution is 7.92. The third-order valence-electron chi connectivity index (χ3n) is 6.21. The molecule has 0 saturated heterocycles. The number of hydrogen-bond donors (Lipinski definition) is 3. The van der Waals surface area contributed by atoms with Crippen molar-refractivity contribution in [1.82, 2.24) is 5.32 Å². The molecule has 0 spiro atoms. The smallest absolute Gasteiger partial charge is 0.427 e. The van der Waals surface area contributed by atoms with Gasteiger partial charge in [0.1, 0.15) is 23.3 Å². The quantitative estimate of drug-likeness (QED) is 0.432. The number of carbonyl (C=O) groups is 2. The Kier molecular flexibility index (Phi) is 7.19. The van der Waals surface area contributed by atoms with Gasteiger partial charge in [-0.15, -0.1) is 0 Å². The highest BCUT2D eigenvalue weighted by atomic mass is 32.2. The highest BCUT2D eigenvalue weighted by Crippen LogP contribution is 2.40. The normalized spacial score (nSPS) is 18.4. The van der Waals surface area contributed by atoms with Gasteiger partial charge in [-0.2, -0.15) is 13.2 Å². The van der Waals surface area contributed by atoms with Crippen molar-refractivity contribution in [2.45, 2.75) is 55.1 Å². The summed E-state index contributed by atoms with van der Waals surface area (Å²) < 4.78 is 91.0. The van der Waals surface area contributed by atoms with Crippen LogP contribution < -0.4 is 19.7 Å². The molecule has 1 heterocycles. The number of rotatable bonds is 7. The number of amides is 2. The molecule has 2 aromatic carbocycles. The molecule has 1 fully saturated rings. The molecule has 0 radical (unpaired) electrons. The molecular formula is C24H25F4N3O7S. The van der Waals surface area contributed by atoms with Gasteiger partial charge in [0.05, 0.1) is 23.7 Å². The lowest BCUT2D eigenvalue weighted by Crippen LogP contribution is -2.50. The summed E-state index contributed by atoms with van der Waals surface area (Å²) in [4.78, 5) is 24.1. The zero-order chi connectivity index (χ0) is 28.8. The summed E-state index contributed by atoms with van der Waals surface area (Å²) in [5.41, 5.74) is -4.42. The number of fused-ring (bicyclic) bond motifs is 1. The number of carbonyl (C=O) groups excluding carboxylic acids is 2. The van der Waals surface area contributed by atoms with Gasteiger partial charge in [-0.1, -0.05) is 0 Å². The van der Waals surface area contributed by atoms with E-state index >= 15 is 0 Å². The van der Waals surface area contributed by atoms with E-state index in [0.29, 0.717) is 26.7 Å². The summed E-state index contributed by atoms with van der Waals surface area (Å²) in [6.45, 7) is 0.853. The zero-order valence-electron chi connectivity index (χ0n) is 20.7. The van der Waals surface area contributed by atoms with Gasteiger partial charge in [0, 0.05) is 5.69 Å². The lowest BCUT2D eigenvalue weighted by Gasteiger charge is -2.36. The number of anilines is 2. The number of aliphatic hydroxyl groups is 1. The first-order valence-electron chi connectivity index (χ1n) is 11.7. The maximum atomic E-state index is 13.5. The Morgan fingerprint density at radius 1 is 1.15 bits per heavy atom. The number of ether oxygens (including phenoxy) is 2. The molecule has 15 heteroatoms. The van der Waals surface area contributed by atoms with E-state index in [1.54, 1.807) is 0 Å². The number of alkyl halides is 3. The van der Waals surface area contributed by atoms with Gasteiger partial charge in [-0.05, 0) is 69.2 Å². The minimum atomic E-state index is -4.84. The van der Waals surface area contributed by atoms with Crippen molar-refractivity contribution >= 4 is 33.4 Å². The predicted molar refractivity (Wildman–Crippen MR) is 129 cm³/mol. The van der Waals surface area contributed by atoms with E-state index in [2.05, 4.69) is 15.4 Å². The second-order valence-electron chi connectivity index (χ2n) is 9.68. The van der Waals surface area contributed by atoms with E-state index in [1.807, 2.05) is 0 Å². The van der Waals surface area contributed by atoms with Crippen LogP contribution in [0.2, 0.25) is 0 Å². The Morgan fingerprint density at radius 3 is 2.38 bits per heavy atom. The topological polar surface area (TPSA) is 134 Å². The number of sulfonamides is 1. The molecule has 1 saturated carbocycles. The summed E-state index contributed by atoms with van der Waals surface area (Å²) >= 11 is 0. The number of halogens is 4. The third-order valence-corrected chi connectivity index (χ3v) is 8.00. The van der Waals surface area contributed by atoms with Crippen LogP contribution in [0.1, 0.15) is 26.7 Å². The van der Waals surface area contributed by atoms with Crippen LogP contribution >= 0.6 is 0 Å². The molecular weight excluding hydrogens is 550 g/mol. The Hall–Kier alpha value is -3.59. The largest absolute Gasteiger partial charge is 0.484 e. The van der Waals surface area contributed by atoms with Gasteiger partial charge in [0.25, 0.3) is 15.9 Å². The van der Waals surface area contributed by atoms with Gasteiger partial charge < -0.3 is 19.9 Å². The molecule has 0 aromatic heterocycles. The van der Waals surface area contributed by atoms with E-state index in [0.717, 1.165) is 28.6 Å². The van der Waals surface area contributed by atoms with Gasteiger partial charge >= 0.3 is 12.3 Å². The minimum Gasteiger partial charge on any atom is -0.484 e. The molecule has 212 valence electrons. The van der Waals surface area contributed by atoms with Crippen LogP contribution in [0.5, 0.6) is 5.75 Å². The Bertz CT molecular complexity index is 1380. The second kappa shape index (κ2) is 9.86. The van der Waals surface area contributed by atoms with Gasteiger partial charge in [-0.25, -0.2) is 17.6 Å². The molecule has 1 aliphatic carbocycles. The lowest BCUT2D eigenvalue weighted by atomic mass is 10.1. The van der Waals surface area contributed by atoms with E-state index in [1.165, 1.54) is 18.2 Å². The van der Waals surface area contributed by atoms with Crippen molar-refractivity contribution < 1.29 is 50.1 Å². The number of hydrogen-bond acceptors (Lipinski definition) is 7. The van der Waals surface area contributed by atoms with E-state index in [4.69, 9.17) is 4.74 Å². The SMILES string of the molecule is CC(C)(OC(=O)Nc1ccc2c(c1)N(S(=O)(=O)c1ccc(F)cc1)C[C@H](CNC(=O)C1(O)CC1)O2)C(F)(F)F. The molecule has 10 nitrogen and oxygen atoms in total. The molecule has 1 atom stereocenters. The van der Waals surface area contributed by atoms with Crippen LogP contribution in [0.3, 0.4) is 0 Å². The first kappa shape index (κ1) is 28.4. The average molecular weight is 576 g/mol. The number of nitrogens with zero attached hydrogens (tertiary/aromatic N) is 1. The molecule has 0 bridgehead atoms. The van der Waals surface area contributed by atoms with Crippen molar-refractivity contribution in [3.8, 4) is 5.75 Å². The van der Waals surface area contributed by atoms with Crippen molar-refractivity contribution in [2.24, 2.45) is 0 Å². The second-order valence-corrected chi connectivity index (χ2v) is 11.5. The molecule has 39 heavy (non-hydrogen) atoms. The summed E-state index contributed by atoms with van der Waals surface area (Å²) in [6, 6.07) is 7.74. The van der Waals surface area contributed by atoms with Crippen molar-refractivity contribution in [2.75, 3.05) is 22.7 Å². The van der Waals surface area contributed by atoms with Crippen LogP contribution in [0.25, 0.3) is 0 Å². The molecule has 0 unspecified atom stereocenters. The van der Waals surface area contributed by atoms with E-state index in [-0.39, 0.29) is 35.1 Å². The fraction of sp³-hybridized carbons (Fsp3) is 0.417. The Labute approximate surface area is 220 Å². The third kappa shape index (κ3) is 6.03. The zero-order valence-corrected chi connectivity index (χ0v) is 21.5. The standard InChI is InChI=1S/C24H25F4N3O7S/c1-22(2,24(26,27)28)38-21(33)30-15-5-8-19-18(11-15)31(39(35,36)17-6-3-14(25)4-7-17)13-16(37-19)12-29-20(32)23(34)9-10-23/h3-8,11,16,34H,9-10,12-13H2,1-2H3,(H,29,32)(H,30,33)/t16-/m0/s1. The molecule has 2 aromatic rings. The number of nitrogens with one attached hydrogen (secondary N) is 2. The highest BCUT2D eigenvalue weighted by Gasteiger charge is 2.51. The van der Waals surface area contributed by atoms with Gasteiger partial charge in [0.15, 0.2) is 0 Å². The van der Waals surface area contributed by atoms with E-state index < -0.39 is 51.3 Å².